The second-order valence-corrected chi connectivity index (χ2v) is 5.34. The van der Waals surface area contributed by atoms with Crippen LogP contribution < -0.4 is 5.32 Å². The molecule has 0 saturated heterocycles. The minimum absolute atomic E-state index is 0.133. The molecule has 2 atom stereocenters. The van der Waals surface area contributed by atoms with Crippen LogP contribution in [0.2, 0.25) is 0 Å². The normalized spacial score (nSPS) is 14.4. The smallest absolute Gasteiger partial charge is 0.407 e. The van der Waals surface area contributed by atoms with E-state index in [2.05, 4.69) is 10.1 Å². The van der Waals surface area contributed by atoms with E-state index in [4.69, 9.17) is 4.74 Å². The number of esters is 1. The molecule has 0 unspecified atom stereocenters. The van der Waals surface area contributed by atoms with E-state index < -0.39 is 23.8 Å². The molecule has 19 heavy (non-hydrogen) atoms. The zero-order valence-corrected chi connectivity index (χ0v) is 12.4. The van der Waals surface area contributed by atoms with E-state index in [0.717, 1.165) is 0 Å². The number of methoxy groups -OCH3 is 1. The van der Waals surface area contributed by atoms with Gasteiger partial charge in [-0.05, 0) is 33.6 Å². The predicted molar refractivity (Wildman–Crippen MR) is 70.7 cm³/mol. The molecule has 0 aromatic rings. The largest absolute Gasteiger partial charge is 0.469 e. The topological polar surface area (TPSA) is 84.9 Å². The van der Waals surface area contributed by atoms with Crippen molar-refractivity contribution in [2.24, 2.45) is 0 Å². The standard InChI is InChI=1S/C13H25NO5/c1-6-10(15)9(7-8-11(16)18-5)14-12(17)19-13(2,3)4/h9-10,15H,6-8H2,1-5H3,(H,14,17)/t9-,10+/m1/s1. The number of hydrogen-bond donors (Lipinski definition) is 2. The Kier molecular flexibility index (Phi) is 7.44. The maximum Gasteiger partial charge on any atom is 0.407 e. The van der Waals surface area contributed by atoms with Gasteiger partial charge in [-0.2, -0.15) is 0 Å². The SMILES string of the molecule is CC[C@H](O)[C@@H](CCC(=O)OC)NC(=O)OC(C)(C)C. The molecule has 0 rings (SSSR count). The molecule has 0 aliphatic heterocycles. The quantitative estimate of drug-likeness (QED) is 0.719. The molecule has 112 valence electrons. The van der Waals surface area contributed by atoms with Gasteiger partial charge < -0.3 is 19.9 Å². The molecule has 0 aromatic heterocycles. The van der Waals surface area contributed by atoms with Crippen molar-refractivity contribution in [2.75, 3.05) is 7.11 Å². The number of alkyl carbamates (subject to hydrolysis) is 1. The molecule has 0 fully saturated rings. The van der Waals surface area contributed by atoms with Gasteiger partial charge in [0.05, 0.1) is 19.3 Å². The lowest BCUT2D eigenvalue weighted by molar-refractivity contribution is -0.141. The lowest BCUT2D eigenvalue weighted by Gasteiger charge is -2.26. The maximum atomic E-state index is 11.6. The number of rotatable bonds is 6. The number of aliphatic hydroxyl groups excluding tert-OH is 1. The third-order valence-corrected chi connectivity index (χ3v) is 2.47. The lowest BCUT2D eigenvalue weighted by Crippen LogP contribution is -2.45. The van der Waals surface area contributed by atoms with Crippen molar-refractivity contribution < 1.29 is 24.2 Å². The van der Waals surface area contributed by atoms with Gasteiger partial charge in [-0.15, -0.1) is 0 Å². The second kappa shape index (κ2) is 7.99. The minimum Gasteiger partial charge on any atom is -0.469 e. The van der Waals surface area contributed by atoms with Gasteiger partial charge in [-0.1, -0.05) is 6.92 Å². The van der Waals surface area contributed by atoms with Crippen molar-refractivity contribution in [3.05, 3.63) is 0 Å². The fourth-order valence-electron chi connectivity index (χ4n) is 1.48. The van der Waals surface area contributed by atoms with Crippen LogP contribution in [0.3, 0.4) is 0 Å². The number of aliphatic hydroxyl groups is 1. The van der Waals surface area contributed by atoms with E-state index >= 15 is 0 Å². The average Bonchev–Trinajstić information content (AvgIpc) is 2.30. The van der Waals surface area contributed by atoms with Gasteiger partial charge in [-0.3, -0.25) is 4.79 Å². The molecule has 0 bridgehead atoms. The summed E-state index contributed by atoms with van der Waals surface area (Å²) < 4.78 is 9.65. The first-order chi connectivity index (χ1) is 8.69. The third kappa shape index (κ3) is 8.42. The molecule has 0 aromatic carbocycles. The first-order valence-electron chi connectivity index (χ1n) is 6.44. The number of ether oxygens (including phenoxy) is 2. The highest BCUT2D eigenvalue weighted by molar-refractivity contribution is 5.70. The monoisotopic (exact) mass is 275 g/mol. The first kappa shape index (κ1) is 17.7. The third-order valence-electron chi connectivity index (χ3n) is 2.47. The summed E-state index contributed by atoms with van der Waals surface area (Å²) in [6.45, 7) is 7.07. The van der Waals surface area contributed by atoms with Gasteiger partial charge in [-0.25, -0.2) is 4.79 Å². The summed E-state index contributed by atoms with van der Waals surface area (Å²) in [5.74, 6) is -0.376. The molecule has 0 heterocycles. The van der Waals surface area contributed by atoms with E-state index in [1.807, 2.05) is 0 Å². The van der Waals surface area contributed by atoms with Crippen molar-refractivity contribution in [3.63, 3.8) is 0 Å². The van der Waals surface area contributed by atoms with Crippen LogP contribution in [0.4, 0.5) is 4.79 Å². The van der Waals surface area contributed by atoms with Crippen molar-refractivity contribution in [1.82, 2.24) is 5.32 Å². The van der Waals surface area contributed by atoms with Gasteiger partial charge in [0.25, 0.3) is 0 Å². The number of carbonyl (C=O) groups is 2. The Labute approximate surface area is 114 Å². The van der Waals surface area contributed by atoms with Crippen LogP contribution in [0.15, 0.2) is 0 Å². The summed E-state index contributed by atoms with van der Waals surface area (Å²) in [6, 6.07) is -0.529. The van der Waals surface area contributed by atoms with Gasteiger partial charge in [0.1, 0.15) is 5.60 Å². The minimum atomic E-state index is -0.725. The van der Waals surface area contributed by atoms with Crippen molar-refractivity contribution in [3.8, 4) is 0 Å². The molecule has 0 aliphatic rings. The summed E-state index contributed by atoms with van der Waals surface area (Å²) in [5.41, 5.74) is -0.603. The van der Waals surface area contributed by atoms with Crippen LogP contribution in [0.5, 0.6) is 0 Å². The number of amides is 1. The van der Waals surface area contributed by atoms with E-state index in [1.165, 1.54) is 7.11 Å². The van der Waals surface area contributed by atoms with Gasteiger partial charge in [0, 0.05) is 6.42 Å². The molecule has 0 spiro atoms. The molecule has 6 nitrogen and oxygen atoms in total. The highest BCUT2D eigenvalue weighted by atomic mass is 16.6. The van der Waals surface area contributed by atoms with E-state index in [-0.39, 0.29) is 12.4 Å². The number of nitrogens with one attached hydrogen (secondary N) is 1. The van der Waals surface area contributed by atoms with E-state index in [0.29, 0.717) is 12.8 Å². The molecular weight excluding hydrogens is 250 g/mol. The van der Waals surface area contributed by atoms with Crippen molar-refractivity contribution >= 4 is 12.1 Å². The fourth-order valence-corrected chi connectivity index (χ4v) is 1.48. The Morgan fingerprint density at radius 2 is 1.89 bits per heavy atom. The zero-order valence-electron chi connectivity index (χ0n) is 12.4. The van der Waals surface area contributed by atoms with Crippen LogP contribution in [0, 0.1) is 0 Å². The van der Waals surface area contributed by atoms with Gasteiger partial charge in [0.15, 0.2) is 0 Å². The maximum absolute atomic E-state index is 11.6. The molecule has 0 aliphatic carbocycles. The summed E-state index contributed by atoms with van der Waals surface area (Å²) in [4.78, 5) is 22.7. The number of hydrogen-bond acceptors (Lipinski definition) is 5. The van der Waals surface area contributed by atoms with Crippen molar-refractivity contribution in [2.45, 2.75) is 64.7 Å². The Morgan fingerprint density at radius 1 is 1.32 bits per heavy atom. The van der Waals surface area contributed by atoms with Crippen molar-refractivity contribution in [1.29, 1.82) is 0 Å². The Hall–Kier alpha value is -1.30. The summed E-state index contributed by atoms with van der Waals surface area (Å²) in [5, 5.41) is 12.4. The molecule has 6 heteroatoms. The lowest BCUT2D eigenvalue weighted by atomic mass is 10.0. The van der Waals surface area contributed by atoms with Crippen LogP contribution in [0.1, 0.15) is 47.0 Å². The summed E-state index contributed by atoms with van der Waals surface area (Å²) in [6.07, 6.45) is -0.414. The predicted octanol–water partition coefficient (Wildman–Crippen LogP) is 1.60. The van der Waals surface area contributed by atoms with E-state index in [9.17, 15) is 14.7 Å². The van der Waals surface area contributed by atoms with Gasteiger partial charge in [0.2, 0.25) is 0 Å². The molecule has 2 N–H and O–H groups in total. The zero-order chi connectivity index (χ0) is 15.1. The van der Waals surface area contributed by atoms with Crippen LogP contribution in [-0.4, -0.2) is 42.0 Å². The molecule has 0 radical (unpaired) electrons. The van der Waals surface area contributed by atoms with E-state index in [1.54, 1.807) is 27.7 Å². The Morgan fingerprint density at radius 3 is 2.32 bits per heavy atom. The second-order valence-electron chi connectivity index (χ2n) is 5.34. The number of carbonyl (C=O) groups excluding carboxylic acids is 2. The first-order valence-corrected chi connectivity index (χ1v) is 6.44. The Bertz CT molecular complexity index is 298. The highest BCUT2D eigenvalue weighted by Crippen LogP contribution is 2.10. The molecular formula is C13H25NO5. The summed E-state index contributed by atoms with van der Waals surface area (Å²) in [7, 11) is 1.30. The van der Waals surface area contributed by atoms with Crippen LogP contribution in [0.25, 0.3) is 0 Å². The Balaban J connectivity index is 4.43. The van der Waals surface area contributed by atoms with Crippen LogP contribution in [-0.2, 0) is 14.3 Å². The molecule has 0 saturated carbocycles. The van der Waals surface area contributed by atoms with Crippen LogP contribution >= 0.6 is 0 Å². The highest BCUT2D eigenvalue weighted by Gasteiger charge is 2.24. The van der Waals surface area contributed by atoms with Gasteiger partial charge >= 0.3 is 12.1 Å². The summed E-state index contributed by atoms with van der Waals surface area (Å²) >= 11 is 0. The fraction of sp³-hybridized carbons (Fsp3) is 0.846. The average molecular weight is 275 g/mol. The molecule has 1 amide bonds.